The number of hydrogen-bond acceptors (Lipinski definition) is 2. The van der Waals surface area contributed by atoms with E-state index >= 15 is 0 Å². The molecule has 0 aliphatic carbocycles. The fourth-order valence-electron chi connectivity index (χ4n) is 1.18. The van der Waals surface area contributed by atoms with Crippen LogP contribution >= 0.6 is 23.2 Å². The van der Waals surface area contributed by atoms with Gasteiger partial charge >= 0.3 is 0 Å². The second-order valence-electron chi connectivity index (χ2n) is 3.23. The van der Waals surface area contributed by atoms with Crippen LogP contribution in [0.2, 0.25) is 10.0 Å². The van der Waals surface area contributed by atoms with Crippen molar-refractivity contribution < 1.29 is 4.79 Å². The van der Waals surface area contributed by atoms with E-state index in [0.29, 0.717) is 21.3 Å². The number of carbonyl (C=O) groups excluding carboxylic acids is 1. The summed E-state index contributed by atoms with van der Waals surface area (Å²) < 4.78 is 0. The quantitative estimate of drug-likeness (QED) is 0.830. The highest BCUT2D eigenvalue weighted by Gasteiger charge is 2.08. The number of halogens is 2. The van der Waals surface area contributed by atoms with Crippen molar-refractivity contribution in [3.05, 3.63) is 45.6 Å². The summed E-state index contributed by atoms with van der Waals surface area (Å²) in [6, 6.07) is 5.15. The first-order valence-electron chi connectivity index (χ1n) is 4.40. The van der Waals surface area contributed by atoms with Crippen LogP contribution in [0.3, 0.4) is 0 Å². The average Bonchev–Trinajstić information content (AvgIpc) is 2.10. The molecular weight excluding hydrogens is 233 g/mol. The lowest BCUT2D eigenvalue weighted by molar-refractivity contribution is -0.114. The first kappa shape index (κ1) is 12.1. The Morgan fingerprint density at radius 2 is 1.93 bits per heavy atom. The molecule has 0 saturated carbocycles. The van der Waals surface area contributed by atoms with Crippen molar-refractivity contribution in [3.63, 3.8) is 0 Å². The average molecular weight is 244 g/mol. The summed E-state index contributed by atoms with van der Waals surface area (Å²) in [4.78, 5) is 11.5. The van der Waals surface area contributed by atoms with Crippen molar-refractivity contribution in [2.45, 2.75) is 13.3 Å². The third-order valence-electron chi connectivity index (χ3n) is 1.80. The Morgan fingerprint density at radius 1 is 1.40 bits per heavy atom. The molecule has 0 atom stereocenters. The SMILES string of the molecule is C/C(N)=C/C(=O)Cc1c(Cl)cccc1Cl. The Labute approximate surface area is 98.7 Å². The minimum atomic E-state index is -0.106. The third kappa shape index (κ3) is 3.57. The molecule has 4 heteroatoms. The van der Waals surface area contributed by atoms with Gasteiger partial charge in [0.1, 0.15) is 0 Å². The van der Waals surface area contributed by atoms with Crippen LogP contribution in [0.1, 0.15) is 12.5 Å². The second-order valence-corrected chi connectivity index (χ2v) is 4.05. The molecule has 2 N–H and O–H groups in total. The smallest absolute Gasteiger partial charge is 0.161 e. The minimum absolute atomic E-state index is 0.106. The van der Waals surface area contributed by atoms with Gasteiger partial charge in [-0.3, -0.25) is 4.79 Å². The fraction of sp³-hybridized carbons (Fsp3) is 0.182. The second kappa shape index (κ2) is 5.19. The van der Waals surface area contributed by atoms with Gasteiger partial charge in [-0.2, -0.15) is 0 Å². The minimum Gasteiger partial charge on any atom is -0.402 e. The molecule has 0 amide bonds. The summed E-state index contributed by atoms with van der Waals surface area (Å²) in [5.41, 5.74) is 6.51. The van der Waals surface area contributed by atoms with E-state index in [-0.39, 0.29) is 12.2 Å². The summed E-state index contributed by atoms with van der Waals surface area (Å²) in [5.74, 6) is -0.106. The van der Waals surface area contributed by atoms with Gasteiger partial charge in [-0.05, 0) is 30.7 Å². The molecule has 2 nitrogen and oxygen atoms in total. The zero-order chi connectivity index (χ0) is 11.4. The first-order valence-corrected chi connectivity index (χ1v) is 5.16. The van der Waals surface area contributed by atoms with Crippen LogP contribution < -0.4 is 5.73 Å². The predicted molar refractivity (Wildman–Crippen MR) is 63.1 cm³/mol. The maximum Gasteiger partial charge on any atom is 0.161 e. The van der Waals surface area contributed by atoms with Crippen molar-refractivity contribution in [2.24, 2.45) is 5.73 Å². The van der Waals surface area contributed by atoms with Gasteiger partial charge in [0.15, 0.2) is 5.78 Å². The van der Waals surface area contributed by atoms with Gasteiger partial charge in [-0.15, -0.1) is 0 Å². The molecule has 0 aromatic heterocycles. The molecule has 0 heterocycles. The molecule has 1 aromatic carbocycles. The molecule has 0 saturated heterocycles. The lowest BCUT2D eigenvalue weighted by Crippen LogP contribution is -2.03. The number of nitrogens with two attached hydrogens (primary N) is 1. The van der Waals surface area contributed by atoms with Crippen LogP contribution in [0.15, 0.2) is 30.0 Å². The standard InChI is InChI=1S/C11H11Cl2NO/c1-7(14)5-8(15)6-9-10(12)3-2-4-11(9)13/h2-5H,6,14H2,1H3/b7-5-. The summed E-state index contributed by atoms with van der Waals surface area (Å²) in [6.45, 7) is 1.66. The first-order chi connectivity index (χ1) is 7.00. The summed E-state index contributed by atoms with van der Waals surface area (Å²) in [6.07, 6.45) is 1.55. The highest BCUT2D eigenvalue weighted by Crippen LogP contribution is 2.24. The molecule has 0 aliphatic heterocycles. The van der Waals surface area contributed by atoms with E-state index in [1.807, 2.05) is 0 Å². The van der Waals surface area contributed by atoms with Crippen molar-refractivity contribution in [1.29, 1.82) is 0 Å². The van der Waals surface area contributed by atoms with E-state index in [4.69, 9.17) is 28.9 Å². The Bertz CT molecular complexity index is 389. The van der Waals surface area contributed by atoms with E-state index < -0.39 is 0 Å². The van der Waals surface area contributed by atoms with Gasteiger partial charge in [0, 0.05) is 22.2 Å². The highest BCUT2D eigenvalue weighted by atomic mass is 35.5. The van der Waals surface area contributed by atoms with Gasteiger partial charge in [0.2, 0.25) is 0 Å². The monoisotopic (exact) mass is 243 g/mol. The normalized spacial score (nSPS) is 11.5. The molecule has 80 valence electrons. The molecule has 15 heavy (non-hydrogen) atoms. The van der Waals surface area contributed by atoms with Gasteiger partial charge in [0.05, 0.1) is 0 Å². The van der Waals surface area contributed by atoms with Gasteiger partial charge in [0.25, 0.3) is 0 Å². The fourth-order valence-corrected chi connectivity index (χ4v) is 1.71. The lowest BCUT2D eigenvalue weighted by atomic mass is 10.1. The lowest BCUT2D eigenvalue weighted by Gasteiger charge is -2.04. The van der Waals surface area contributed by atoms with Crippen LogP contribution in [0.4, 0.5) is 0 Å². The van der Waals surface area contributed by atoms with E-state index in [1.165, 1.54) is 6.08 Å². The maximum atomic E-state index is 11.5. The molecule has 0 bridgehead atoms. The number of ketones is 1. The van der Waals surface area contributed by atoms with E-state index in [0.717, 1.165) is 0 Å². The van der Waals surface area contributed by atoms with E-state index in [9.17, 15) is 4.79 Å². The van der Waals surface area contributed by atoms with Crippen LogP contribution in [0, 0.1) is 0 Å². The maximum absolute atomic E-state index is 11.5. The van der Waals surface area contributed by atoms with E-state index in [1.54, 1.807) is 25.1 Å². The Morgan fingerprint density at radius 3 is 2.40 bits per heavy atom. The Hall–Kier alpha value is -0.990. The van der Waals surface area contributed by atoms with Crippen molar-refractivity contribution >= 4 is 29.0 Å². The third-order valence-corrected chi connectivity index (χ3v) is 2.51. The molecule has 0 fully saturated rings. The number of allylic oxidation sites excluding steroid dienone is 2. The highest BCUT2D eigenvalue weighted by molar-refractivity contribution is 6.36. The van der Waals surface area contributed by atoms with Crippen LogP contribution in [-0.4, -0.2) is 5.78 Å². The number of carbonyl (C=O) groups is 1. The number of benzene rings is 1. The Balaban J connectivity index is 2.90. The summed E-state index contributed by atoms with van der Waals surface area (Å²) in [7, 11) is 0. The number of rotatable bonds is 3. The van der Waals surface area contributed by atoms with Gasteiger partial charge in [-0.1, -0.05) is 29.3 Å². The van der Waals surface area contributed by atoms with Gasteiger partial charge in [-0.25, -0.2) is 0 Å². The summed E-state index contributed by atoms with van der Waals surface area (Å²) >= 11 is 11.8. The van der Waals surface area contributed by atoms with Crippen molar-refractivity contribution in [1.82, 2.24) is 0 Å². The van der Waals surface area contributed by atoms with Crippen LogP contribution in [0.5, 0.6) is 0 Å². The molecule has 0 spiro atoms. The topological polar surface area (TPSA) is 43.1 Å². The van der Waals surface area contributed by atoms with Crippen LogP contribution in [0.25, 0.3) is 0 Å². The van der Waals surface area contributed by atoms with Crippen molar-refractivity contribution in [2.75, 3.05) is 0 Å². The summed E-state index contributed by atoms with van der Waals surface area (Å²) in [5, 5.41) is 0.998. The molecule has 1 aromatic rings. The van der Waals surface area contributed by atoms with Crippen LogP contribution in [-0.2, 0) is 11.2 Å². The molecule has 0 aliphatic rings. The van der Waals surface area contributed by atoms with Gasteiger partial charge < -0.3 is 5.73 Å². The molecular formula is C11H11Cl2NO. The Kier molecular flexibility index (Phi) is 4.18. The zero-order valence-electron chi connectivity index (χ0n) is 8.26. The molecule has 1 rings (SSSR count). The van der Waals surface area contributed by atoms with Crippen molar-refractivity contribution in [3.8, 4) is 0 Å². The zero-order valence-corrected chi connectivity index (χ0v) is 9.77. The molecule has 0 unspecified atom stereocenters. The molecule has 0 radical (unpaired) electrons. The predicted octanol–water partition coefficient (Wildman–Crippen LogP) is 2.97. The largest absolute Gasteiger partial charge is 0.402 e. The van der Waals surface area contributed by atoms with E-state index in [2.05, 4.69) is 0 Å². The number of hydrogen-bond donors (Lipinski definition) is 1.